The Morgan fingerprint density at radius 1 is 1.24 bits per heavy atom. The van der Waals surface area contributed by atoms with Gasteiger partial charge in [0, 0.05) is 17.3 Å². The first-order valence-electron chi connectivity index (χ1n) is 9.98. The third-order valence-corrected chi connectivity index (χ3v) is 6.07. The summed E-state index contributed by atoms with van der Waals surface area (Å²) in [5, 5.41) is 3.55. The van der Waals surface area contributed by atoms with E-state index in [0.29, 0.717) is 23.7 Å². The van der Waals surface area contributed by atoms with Crippen molar-refractivity contribution >= 4 is 34.2 Å². The number of esters is 1. The van der Waals surface area contributed by atoms with E-state index in [0.717, 1.165) is 49.0 Å². The second-order valence-corrected chi connectivity index (χ2v) is 8.15. The monoisotopic (exact) mass is 418 g/mol. The van der Waals surface area contributed by atoms with Crippen molar-refractivity contribution in [2.24, 2.45) is 0 Å². The average Bonchev–Trinajstić information content (AvgIpc) is 3.04. The van der Waals surface area contributed by atoms with Gasteiger partial charge in [0.1, 0.15) is 5.00 Å². The van der Waals surface area contributed by atoms with Gasteiger partial charge in [0.25, 0.3) is 5.91 Å². The number of hydrogen-bond donors (Lipinski definition) is 2. The van der Waals surface area contributed by atoms with Crippen molar-refractivity contribution in [3.05, 3.63) is 34.5 Å². The number of nitrogens with one attached hydrogen (secondary N) is 2. The lowest BCUT2D eigenvalue weighted by Crippen LogP contribution is -3.15. The van der Waals surface area contributed by atoms with Crippen LogP contribution in [-0.4, -0.2) is 61.2 Å². The number of nitrogens with zero attached hydrogens (tertiary/aromatic N) is 3. The largest absolute Gasteiger partial charge is 0.462 e. The molecule has 0 unspecified atom stereocenters. The van der Waals surface area contributed by atoms with Crippen molar-refractivity contribution in [1.82, 2.24) is 9.97 Å². The van der Waals surface area contributed by atoms with E-state index in [2.05, 4.69) is 20.2 Å². The van der Waals surface area contributed by atoms with Crippen LogP contribution in [0.25, 0.3) is 0 Å². The number of quaternary nitrogens is 1. The molecule has 0 saturated carbocycles. The highest BCUT2D eigenvalue weighted by molar-refractivity contribution is 7.16. The lowest BCUT2D eigenvalue weighted by atomic mass is 10.1. The minimum absolute atomic E-state index is 0.0844. The molecule has 3 rings (SSSR count). The standard InChI is InChI=1S/C20H27N5O3S/c1-4-15-14(3)29-18(17(15)19(27)28-5-2)23-16(26)13-24-9-11-25(12-10-24)20-21-7-6-8-22-20/h6-8H,4-5,9-13H2,1-3H3,(H,23,26)/p+1. The maximum atomic E-state index is 12.7. The van der Waals surface area contributed by atoms with Crippen LogP contribution in [-0.2, 0) is 16.0 Å². The van der Waals surface area contributed by atoms with Crippen molar-refractivity contribution in [3.63, 3.8) is 0 Å². The third-order valence-electron chi connectivity index (χ3n) is 5.01. The van der Waals surface area contributed by atoms with Gasteiger partial charge in [0.15, 0.2) is 6.54 Å². The Hall–Kier alpha value is -2.52. The minimum Gasteiger partial charge on any atom is -0.462 e. The van der Waals surface area contributed by atoms with Gasteiger partial charge in [-0.1, -0.05) is 6.92 Å². The van der Waals surface area contributed by atoms with Gasteiger partial charge in [0.2, 0.25) is 5.95 Å². The number of aryl methyl sites for hydroxylation is 1. The highest BCUT2D eigenvalue weighted by Crippen LogP contribution is 2.34. The molecule has 1 fully saturated rings. The van der Waals surface area contributed by atoms with Crippen molar-refractivity contribution in [2.45, 2.75) is 27.2 Å². The molecular formula is C20H28N5O3S+. The van der Waals surface area contributed by atoms with E-state index in [9.17, 15) is 9.59 Å². The SMILES string of the molecule is CCOC(=O)c1c(NC(=O)C[NH+]2CCN(c3ncccn3)CC2)sc(C)c1CC. The lowest BCUT2D eigenvalue weighted by molar-refractivity contribution is -0.892. The third kappa shape index (κ3) is 5.10. The smallest absolute Gasteiger partial charge is 0.341 e. The summed E-state index contributed by atoms with van der Waals surface area (Å²) in [5.41, 5.74) is 1.46. The number of aromatic nitrogens is 2. The van der Waals surface area contributed by atoms with Crippen LogP contribution in [0.1, 0.15) is 34.6 Å². The zero-order valence-corrected chi connectivity index (χ0v) is 18.0. The Balaban J connectivity index is 1.59. The summed E-state index contributed by atoms with van der Waals surface area (Å²) in [6.07, 6.45) is 4.20. The molecule has 3 heterocycles. The fourth-order valence-corrected chi connectivity index (χ4v) is 4.71. The molecule has 0 bridgehead atoms. The van der Waals surface area contributed by atoms with E-state index in [-0.39, 0.29) is 11.9 Å². The van der Waals surface area contributed by atoms with E-state index >= 15 is 0 Å². The maximum Gasteiger partial charge on any atom is 0.341 e. The van der Waals surface area contributed by atoms with Crippen LogP contribution < -0.4 is 15.1 Å². The molecule has 2 aromatic heterocycles. The first-order chi connectivity index (χ1) is 14.0. The number of anilines is 2. The highest BCUT2D eigenvalue weighted by atomic mass is 32.1. The van der Waals surface area contributed by atoms with Gasteiger partial charge in [-0.05, 0) is 31.9 Å². The molecule has 1 aliphatic heterocycles. The summed E-state index contributed by atoms with van der Waals surface area (Å²) >= 11 is 1.44. The quantitative estimate of drug-likeness (QED) is 0.651. The molecule has 0 radical (unpaired) electrons. The van der Waals surface area contributed by atoms with E-state index in [4.69, 9.17) is 4.74 Å². The Morgan fingerprint density at radius 2 is 1.93 bits per heavy atom. The minimum atomic E-state index is -0.368. The van der Waals surface area contributed by atoms with Gasteiger partial charge >= 0.3 is 5.97 Å². The average molecular weight is 419 g/mol. The zero-order chi connectivity index (χ0) is 20.8. The summed E-state index contributed by atoms with van der Waals surface area (Å²) in [5.74, 6) is 0.280. The highest BCUT2D eigenvalue weighted by Gasteiger charge is 2.26. The Kier molecular flexibility index (Phi) is 7.16. The number of carbonyl (C=O) groups is 2. The summed E-state index contributed by atoms with van der Waals surface area (Å²) in [7, 11) is 0. The number of rotatable bonds is 7. The van der Waals surface area contributed by atoms with Crippen LogP contribution in [0.4, 0.5) is 10.9 Å². The van der Waals surface area contributed by atoms with Gasteiger partial charge in [-0.2, -0.15) is 0 Å². The fourth-order valence-electron chi connectivity index (χ4n) is 3.56. The maximum absolute atomic E-state index is 12.7. The van der Waals surface area contributed by atoms with E-state index in [1.807, 2.05) is 13.8 Å². The first-order valence-corrected chi connectivity index (χ1v) is 10.8. The van der Waals surface area contributed by atoms with Crippen molar-refractivity contribution in [2.75, 3.05) is 49.5 Å². The molecular weight excluding hydrogens is 390 g/mol. The van der Waals surface area contributed by atoms with Gasteiger partial charge in [-0.25, -0.2) is 14.8 Å². The molecule has 9 heteroatoms. The Labute approximate surface area is 174 Å². The molecule has 8 nitrogen and oxygen atoms in total. The predicted octanol–water partition coefficient (Wildman–Crippen LogP) is 0.929. The second-order valence-electron chi connectivity index (χ2n) is 6.93. The fraction of sp³-hybridized carbons (Fsp3) is 0.500. The number of amides is 1. The van der Waals surface area contributed by atoms with Gasteiger partial charge in [0.05, 0.1) is 38.3 Å². The lowest BCUT2D eigenvalue weighted by Gasteiger charge is -2.31. The molecule has 29 heavy (non-hydrogen) atoms. The summed E-state index contributed by atoms with van der Waals surface area (Å²) in [4.78, 5) is 38.0. The molecule has 1 aliphatic rings. The molecule has 0 aromatic carbocycles. The number of carbonyl (C=O) groups excluding carboxylic acids is 2. The molecule has 1 saturated heterocycles. The molecule has 0 atom stereocenters. The van der Waals surface area contributed by atoms with Gasteiger partial charge in [-0.15, -0.1) is 11.3 Å². The topological polar surface area (TPSA) is 88.9 Å². The zero-order valence-electron chi connectivity index (χ0n) is 17.2. The van der Waals surface area contributed by atoms with E-state index in [1.165, 1.54) is 16.2 Å². The second kappa shape index (κ2) is 9.80. The van der Waals surface area contributed by atoms with Crippen LogP contribution in [0.2, 0.25) is 0 Å². The molecule has 1 amide bonds. The van der Waals surface area contributed by atoms with Gasteiger partial charge in [-0.3, -0.25) is 4.79 Å². The number of ether oxygens (including phenoxy) is 1. The Bertz CT molecular complexity index is 847. The van der Waals surface area contributed by atoms with Crippen molar-refractivity contribution in [1.29, 1.82) is 0 Å². The Morgan fingerprint density at radius 3 is 2.55 bits per heavy atom. The van der Waals surface area contributed by atoms with Crippen molar-refractivity contribution in [3.8, 4) is 0 Å². The van der Waals surface area contributed by atoms with E-state index in [1.54, 1.807) is 25.4 Å². The van der Waals surface area contributed by atoms with Crippen LogP contribution in [0.15, 0.2) is 18.5 Å². The number of thiophene rings is 1. The molecule has 2 N–H and O–H groups in total. The molecule has 2 aromatic rings. The number of hydrogen-bond acceptors (Lipinski definition) is 7. The summed E-state index contributed by atoms with van der Waals surface area (Å²) < 4.78 is 5.20. The van der Waals surface area contributed by atoms with Crippen molar-refractivity contribution < 1.29 is 19.2 Å². The molecule has 156 valence electrons. The van der Waals surface area contributed by atoms with Crippen LogP contribution in [0.3, 0.4) is 0 Å². The normalized spacial score (nSPS) is 14.7. The van der Waals surface area contributed by atoms with Gasteiger partial charge < -0.3 is 19.9 Å². The first kappa shape index (κ1) is 21.2. The molecule has 0 aliphatic carbocycles. The van der Waals surface area contributed by atoms with Crippen LogP contribution in [0.5, 0.6) is 0 Å². The van der Waals surface area contributed by atoms with Crippen LogP contribution >= 0.6 is 11.3 Å². The predicted molar refractivity (Wildman–Crippen MR) is 113 cm³/mol. The molecule has 0 spiro atoms. The summed E-state index contributed by atoms with van der Waals surface area (Å²) in [6, 6.07) is 1.80. The number of piperazine rings is 1. The summed E-state index contributed by atoms with van der Waals surface area (Å²) in [6.45, 7) is 9.71. The van der Waals surface area contributed by atoms with Crippen LogP contribution in [0, 0.1) is 6.92 Å². The van der Waals surface area contributed by atoms with E-state index < -0.39 is 0 Å².